The molecule has 9 rings (SSSR count). The van der Waals surface area contributed by atoms with Crippen LogP contribution >= 0.6 is 202 Å². The number of nitrogens with zero attached hydrogens (tertiary/aromatic N) is 12. The smallest absolute Gasteiger partial charge is 0.178 e. The monoisotopic (exact) mass is 1570 g/mol. The summed E-state index contributed by atoms with van der Waals surface area (Å²) in [5, 5.41) is 73.2. The molecule has 0 saturated carbocycles. The number of rotatable bonds is 17. The van der Waals surface area contributed by atoms with Crippen molar-refractivity contribution in [1.82, 2.24) is 61.4 Å². The fraction of sp³-hybridized carbons (Fsp3) is 0.276. The van der Waals surface area contributed by atoms with Gasteiger partial charge in [0.15, 0.2) is 26.4 Å². The number of aromatic nitrogens is 12. The molecule has 0 spiro atoms. The summed E-state index contributed by atoms with van der Waals surface area (Å²) < 4.78 is 0. The zero-order chi connectivity index (χ0) is 65.4. The number of aromatic amines is 1. The first-order chi connectivity index (χ1) is 42.2. The highest BCUT2D eigenvalue weighted by Crippen LogP contribution is 2.44. The molecule has 5 heterocycles. The van der Waals surface area contributed by atoms with E-state index in [1.165, 1.54) is 47.0 Å². The lowest BCUT2D eigenvalue weighted by Crippen LogP contribution is -1.96. The summed E-state index contributed by atoms with van der Waals surface area (Å²) in [6.45, 7) is 16.2. The van der Waals surface area contributed by atoms with E-state index < -0.39 is 0 Å². The number of H-pyrrole nitrogens is 1. The van der Waals surface area contributed by atoms with Crippen molar-refractivity contribution in [2.24, 2.45) is 0 Å². The average molecular weight is 1580 g/mol. The predicted molar refractivity (Wildman–Crippen MR) is 372 cm³/mol. The molecular weight excluding hydrogens is 1530 g/mol. The van der Waals surface area contributed by atoms with Crippen LogP contribution in [0.4, 0.5) is 0 Å². The van der Waals surface area contributed by atoms with Gasteiger partial charge in [-0.3, -0.25) is 0 Å². The Morgan fingerprint density at radius 3 is 0.944 bits per heavy atom. The van der Waals surface area contributed by atoms with Gasteiger partial charge in [-0.2, -0.15) is 10.5 Å². The number of benzene rings is 4. The normalized spacial score (nSPS) is 11.1. The first-order valence-electron chi connectivity index (χ1n) is 26.2. The molecule has 5 aromatic heterocycles. The molecule has 31 heteroatoms. The molecule has 0 saturated heterocycles. The van der Waals surface area contributed by atoms with Crippen LogP contribution in [0.2, 0.25) is 60.8 Å². The third kappa shape index (κ3) is 22.1. The standard InChI is InChI=1S/C15H13Cl3N6S.C15H12Cl3N3S.C14H12BrCl3N2S.C14H13Cl3N2OS/c1-7(2)9-6-13(21-22-15(9)18)25-14-10(16)3-8(4-11(14)17)5-12-19-23-24-20-12;1-8(2)10-7-13(20-21-15(10)18)22-14-11(16)5-9(3-4-19)6-12(14)17;1-7(2)9-5-12(19-20-14(9)18)21-13-10(16)3-8(6-15)4-11(13)17;1-7(2)9-5-12(18-19-14(9)17)21-13-10(15)3-8(6-20)4-11(13)16/h3-4,6-7H,5H2,1-2H3,(H,19,20,23,24);5-8H,3H2,1-2H3;3-5,7H,6H2,1-2H3;3-5,7,20H,6H2,1-2H3. The van der Waals surface area contributed by atoms with Crippen LogP contribution in [0.3, 0.4) is 0 Å². The number of halogens is 13. The van der Waals surface area contributed by atoms with Crippen molar-refractivity contribution < 1.29 is 5.11 Å². The number of tetrazole rings is 1. The van der Waals surface area contributed by atoms with Gasteiger partial charge in [-0.1, -0.05) is 263 Å². The Kier molecular flexibility index (Phi) is 30.5. The molecule has 9 aromatic rings. The second-order valence-electron chi connectivity index (χ2n) is 19.9. The largest absolute Gasteiger partial charge is 0.392 e. The van der Waals surface area contributed by atoms with Gasteiger partial charge in [-0.25, -0.2) is 0 Å². The van der Waals surface area contributed by atoms with Crippen LogP contribution in [0, 0.1) is 11.3 Å². The van der Waals surface area contributed by atoms with E-state index in [1.54, 1.807) is 24.3 Å². The first kappa shape index (κ1) is 75.1. The predicted octanol–water partition coefficient (Wildman–Crippen LogP) is 22.4. The Hall–Kier alpha value is -2.92. The van der Waals surface area contributed by atoms with E-state index in [2.05, 4.69) is 97.3 Å². The maximum atomic E-state index is 9.13. The Morgan fingerprint density at radius 2 is 0.697 bits per heavy atom. The summed E-state index contributed by atoms with van der Waals surface area (Å²) in [5.41, 5.74) is 7.11. The lowest BCUT2D eigenvalue weighted by Gasteiger charge is -2.11. The summed E-state index contributed by atoms with van der Waals surface area (Å²) in [6.07, 6.45) is 0.752. The molecule has 0 aliphatic heterocycles. The Labute approximate surface area is 601 Å². The number of nitrogens with one attached hydrogen (secondary N) is 1. The number of hydrogen-bond acceptors (Lipinski definition) is 17. The fourth-order valence-corrected chi connectivity index (χ4v) is 15.2. The molecule has 4 aromatic carbocycles. The quantitative estimate of drug-likeness (QED) is 0.0814. The maximum absolute atomic E-state index is 9.13. The van der Waals surface area contributed by atoms with Crippen LogP contribution in [0.15, 0.2) is 112 Å². The molecule has 2 N–H and O–H groups in total. The Morgan fingerprint density at radius 1 is 0.416 bits per heavy atom. The SMILES string of the molecule is CC(C)c1cc(Sc2c(Cl)cc(CBr)cc2Cl)nnc1Cl.CC(C)c1cc(Sc2c(Cl)cc(CC#N)cc2Cl)nnc1Cl.CC(C)c1cc(Sc2c(Cl)cc(CO)cc2Cl)nnc1Cl.CC(C)c1cc(Sc2c(Cl)cc(Cc3nn[nH]n3)cc2Cl)nnc1Cl. The first-order valence-corrected chi connectivity index (χ1v) is 35.1. The van der Waals surface area contributed by atoms with Crippen molar-refractivity contribution in [2.75, 3.05) is 0 Å². The minimum absolute atomic E-state index is 0.108. The van der Waals surface area contributed by atoms with Crippen molar-refractivity contribution in [3.63, 3.8) is 0 Å². The van der Waals surface area contributed by atoms with Gasteiger partial charge in [0, 0.05) is 11.8 Å². The molecule has 0 radical (unpaired) electrons. The van der Waals surface area contributed by atoms with Crippen molar-refractivity contribution in [3.05, 3.63) is 184 Å². The maximum Gasteiger partial charge on any atom is 0.178 e. The summed E-state index contributed by atoms with van der Waals surface area (Å²) in [4.78, 5) is 2.86. The van der Waals surface area contributed by atoms with Gasteiger partial charge in [-0.15, -0.1) is 51.0 Å². The van der Waals surface area contributed by atoms with E-state index in [0.717, 1.165) is 48.9 Å². The van der Waals surface area contributed by atoms with E-state index in [9.17, 15) is 0 Å². The number of aliphatic hydroxyl groups excluding tert-OH is 1. The van der Waals surface area contributed by atoms with Gasteiger partial charge >= 0.3 is 0 Å². The van der Waals surface area contributed by atoms with E-state index >= 15 is 0 Å². The van der Waals surface area contributed by atoms with Crippen LogP contribution in [0.5, 0.6) is 0 Å². The highest BCUT2D eigenvalue weighted by atomic mass is 79.9. The zero-order valence-electron chi connectivity index (χ0n) is 47.9. The van der Waals surface area contributed by atoms with Crippen LogP contribution in [-0.2, 0) is 24.8 Å². The Bertz CT molecular complexity index is 3760. The van der Waals surface area contributed by atoms with Crippen LogP contribution in [-0.4, -0.2) is 66.5 Å². The van der Waals surface area contributed by atoms with Crippen molar-refractivity contribution in [3.8, 4) is 6.07 Å². The van der Waals surface area contributed by atoms with E-state index in [0.29, 0.717) is 114 Å². The van der Waals surface area contributed by atoms with Gasteiger partial charge in [-0.05, 0) is 141 Å². The molecule has 0 fully saturated rings. The minimum atomic E-state index is -0.108. The topological polar surface area (TPSA) is 202 Å². The molecule has 14 nitrogen and oxygen atoms in total. The summed E-state index contributed by atoms with van der Waals surface area (Å²) in [7, 11) is 0. The van der Waals surface area contributed by atoms with Crippen molar-refractivity contribution in [1.29, 1.82) is 5.26 Å². The summed E-state index contributed by atoms with van der Waals surface area (Å²) in [5.74, 6) is 1.57. The average Bonchev–Trinajstić information content (AvgIpc) is 1.61. The van der Waals surface area contributed by atoms with Gasteiger partial charge in [0.2, 0.25) is 0 Å². The second-order valence-corrected chi connectivity index (χ2v) is 29.3. The molecule has 0 aliphatic rings. The van der Waals surface area contributed by atoms with Crippen molar-refractivity contribution in [2.45, 2.75) is 144 Å². The lowest BCUT2D eigenvalue weighted by molar-refractivity contribution is 0.282. The van der Waals surface area contributed by atoms with E-state index in [-0.39, 0.29) is 36.7 Å². The number of hydrogen-bond donors (Lipinski definition) is 2. The van der Waals surface area contributed by atoms with E-state index in [4.69, 9.17) is 150 Å². The number of aliphatic hydroxyl groups is 1. The highest BCUT2D eigenvalue weighted by molar-refractivity contribution is 9.08. The zero-order valence-corrected chi connectivity index (χ0v) is 61.8. The third-order valence-electron chi connectivity index (χ3n) is 11.9. The van der Waals surface area contributed by atoms with Crippen LogP contribution in [0.1, 0.15) is 129 Å². The van der Waals surface area contributed by atoms with Crippen molar-refractivity contribution >= 4 is 202 Å². The molecule has 0 unspecified atom stereocenters. The highest BCUT2D eigenvalue weighted by Gasteiger charge is 2.20. The van der Waals surface area contributed by atoms with Crippen LogP contribution in [0.25, 0.3) is 0 Å². The van der Waals surface area contributed by atoms with Crippen LogP contribution < -0.4 is 0 Å². The number of alkyl halides is 1. The molecule has 0 bridgehead atoms. The molecule has 0 atom stereocenters. The molecule has 89 heavy (non-hydrogen) atoms. The lowest BCUT2D eigenvalue weighted by atomic mass is 10.1. The minimum Gasteiger partial charge on any atom is -0.392 e. The fourth-order valence-electron chi connectivity index (χ4n) is 7.47. The van der Waals surface area contributed by atoms with Gasteiger partial charge in [0.05, 0.1) is 78.9 Å². The van der Waals surface area contributed by atoms with Gasteiger partial charge < -0.3 is 5.11 Å². The number of nitriles is 1. The second kappa shape index (κ2) is 36.1. The molecule has 0 amide bonds. The third-order valence-corrected chi connectivity index (χ3v) is 21.2. The Balaban J connectivity index is 0.000000190. The molecule has 0 aliphatic carbocycles. The van der Waals surface area contributed by atoms with Gasteiger partial charge in [0.25, 0.3) is 0 Å². The molecular formula is C58H50BrCl12N13OS4. The van der Waals surface area contributed by atoms with E-state index in [1.807, 2.05) is 90.1 Å². The molecule has 468 valence electrons. The summed E-state index contributed by atoms with van der Waals surface area (Å²) in [6, 6.07) is 24.0. The summed E-state index contributed by atoms with van der Waals surface area (Å²) >= 11 is 83.4. The van der Waals surface area contributed by atoms with Gasteiger partial charge in [0.1, 0.15) is 20.1 Å².